The number of nitrogens with one attached hydrogen (secondary N) is 2. The lowest BCUT2D eigenvalue weighted by Gasteiger charge is -2.21. The maximum atomic E-state index is 12.4. The molecule has 1 aromatic carbocycles. The van der Waals surface area contributed by atoms with Gasteiger partial charge in [-0.2, -0.15) is 0 Å². The summed E-state index contributed by atoms with van der Waals surface area (Å²) in [5.74, 6) is 0.403. The molecular formula is C26H38N6OS. The first-order valence-electron chi connectivity index (χ1n) is 12.4. The fraction of sp³-hybridized carbons (Fsp3) is 0.500. The highest BCUT2D eigenvalue weighted by atomic mass is 32.1. The van der Waals surface area contributed by atoms with Crippen molar-refractivity contribution in [2.24, 2.45) is 4.99 Å². The smallest absolute Gasteiger partial charge is 0.321 e. The van der Waals surface area contributed by atoms with Gasteiger partial charge >= 0.3 is 6.03 Å². The zero-order valence-electron chi connectivity index (χ0n) is 20.7. The lowest BCUT2D eigenvalue weighted by Crippen LogP contribution is -2.33. The van der Waals surface area contributed by atoms with E-state index in [0.29, 0.717) is 23.9 Å². The first-order chi connectivity index (χ1) is 16.5. The number of benzene rings is 1. The van der Waals surface area contributed by atoms with E-state index in [1.807, 2.05) is 6.07 Å². The second kappa shape index (κ2) is 13.2. The molecule has 0 fully saturated rings. The van der Waals surface area contributed by atoms with Crippen LogP contribution in [-0.2, 0) is 0 Å². The summed E-state index contributed by atoms with van der Waals surface area (Å²) < 4.78 is 0. The van der Waals surface area contributed by atoms with Crippen molar-refractivity contribution in [3.8, 4) is 0 Å². The molecule has 0 unspecified atom stereocenters. The number of nitrogen functional groups attached to an aromatic ring is 1. The van der Waals surface area contributed by atoms with Gasteiger partial charge in [-0.05, 0) is 51.9 Å². The van der Waals surface area contributed by atoms with Gasteiger partial charge in [-0.1, -0.05) is 67.9 Å². The van der Waals surface area contributed by atoms with Gasteiger partial charge in [0.2, 0.25) is 0 Å². The largest absolute Gasteiger partial charge is 0.382 e. The lowest BCUT2D eigenvalue weighted by atomic mass is 10.1. The van der Waals surface area contributed by atoms with Crippen LogP contribution in [0.2, 0.25) is 0 Å². The Morgan fingerprint density at radius 1 is 1.15 bits per heavy atom. The first-order valence-corrected chi connectivity index (χ1v) is 13.2. The maximum Gasteiger partial charge on any atom is 0.321 e. The van der Waals surface area contributed by atoms with Gasteiger partial charge in [0.25, 0.3) is 0 Å². The zero-order chi connectivity index (χ0) is 24.3. The molecule has 0 saturated heterocycles. The number of unbranched alkanes of at least 4 members (excludes halogenated alkanes) is 2. The number of urea groups is 1. The third-order valence-electron chi connectivity index (χ3n) is 5.79. The average molecular weight is 483 g/mol. The number of aliphatic imine (C=N–C) groups is 1. The first kappa shape index (κ1) is 25.9. The number of nitrogens with two attached hydrogens (primary N) is 1. The van der Waals surface area contributed by atoms with E-state index in [2.05, 4.69) is 65.6 Å². The summed E-state index contributed by atoms with van der Waals surface area (Å²) in [5.41, 5.74) is 10.3. The van der Waals surface area contributed by atoms with Crippen LogP contribution in [0, 0.1) is 6.92 Å². The van der Waals surface area contributed by atoms with E-state index in [9.17, 15) is 4.79 Å². The summed E-state index contributed by atoms with van der Waals surface area (Å²) in [6.07, 6.45) is 8.59. The van der Waals surface area contributed by atoms with Crippen LogP contribution in [0.1, 0.15) is 68.4 Å². The van der Waals surface area contributed by atoms with Crippen molar-refractivity contribution < 1.29 is 4.79 Å². The fourth-order valence-corrected chi connectivity index (χ4v) is 4.78. The van der Waals surface area contributed by atoms with Crippen LogP contribution in [0.25, 0.3) is 5.70 Å². The summed E-state index contributed by atoms with van der Waals surface area (Å²) >= 11 is 1.37. The Balaban J connectivity index is 1.48. The third kappa shape index (κ3) is 7.67. The van der Waals surface area contributed by atoms with E-state index < -0.39 is 0 Å². The van der Waals surface area contributed by atoms with Gasteiger partial charge in [0.1, 0.15) is 5.82 Å². The Morgan fingerprint density at radius 2 is 1.88 bits per heavy atom. The molecule has 0 atom stereocenters. The van der Waals surface area contributed by atoms with E-state index in [4.69, 9.17) is 10.7 Å². The number of amides is 2. The third-order valence-corrected chi connectivity index (χ3v) is 6.82. The van der Waals surface area contributed by atoms with Crippen molar-refractivity contribution in [3.63, 3.8) is 0 Å². The van der Waals surface area contributed by atoms with Gasteiger partial charge in [0.05, 0.1) is 16.3 Å². The number of allylic oxidation sites excluding steroid dienone is 1. The quantitative estimate of drug-likeness (QED) is 0.320. The summed E-state index contributed by atoms with van der Waals surface area (Å²) in [4.78, 5) is 24.8. The van der Waals surface area contributed by atoms with Crippen LogP contribution < -0.4 is 16.4 Å². The molecule has 2 heterocycles. The van der Waals surface area contributed by atoms with Crippen LogP contribution >= 0.6 is 11.3 Å². The van der Waals surface area contributed by atoms with E-state index in [0.717, 1.165) is 47.9 Å². The molecule has 2 amide bonds. The van der Waals surface area contributed by atoms with Crippen molar-refractivity contribution in [1.29, 1.82) is 0 Å². The number of nitrogens with zero attached hydrogens (tertiary/aromatic N) is 3. The molecular weight excluding hydrogens is 444 g/mol. The molecule has 8 heteroatoms. The standard InChI is InChI=1S/C26H38N6OS/c1-4-6-15-32(16-7-5-2)17-9-14-28-25(33)31-26-30-24(27)23(34-26)22-13-12-21(29-22)20-11-8-10-19(3)18-20/h8,10-12,18H,4-7,9,13-17,27H2,1-3H3,(H2,28,30,31,33). The maximum absolute atomic E-state index is 12.4. The Labute approximate surface area is 207 Å². The van der Waals surface area contributed by atoms with Crippen molar-refractivity contribution >= 4 is 39.7 Å². The molecule has 2 aromatic rings. The Morgan fingerprint density at radius 3 is 2.59 bits per heavy atom. The molecule has 0 saturated carbocycles. The van der Waals surface area contributed by atoms with Crippen molar-refractivity contribution in [3.05, 3.63) is 46.3 Å². The molecule has 0 radical (unpaired) electrons. The van der Waals surface area contributed by atoms with E-state index >= 15 is 0 Å². The van der Waals surface area contributed by atoms with Crippen LogP contribution in [0.4, 0.5) is 15.7 Å². The number of carbonyl (C=O) groups is 1. The summed E-state index contributed by atoms with van der Waals surface area (Å²) in [5, 5.41) is 6.25. The van der Waals surface area contributed by atoms with Gasteiger partial charge in [-0.3, -0.25) is 10.3 Å². The van der Waals surface area contributed by atoms with Crippen molar-refractivity contribution in [2.75, 3.05) is 37.2 Å². The van der Waals surface area contributed by atoms with Crippen LogP contribution in [0.5, 0.6) is 0 Å². The van der Waals surface area contributed by atoms with Crippen LogP contribution in [0.3, 0.4) is 0 Å². The lowest BCUT2D eigenvalue weighted by molar-refractivity contribution is 0.246. The Kier molecular flexibility index (Phi) is 10.1. The highest BCUT2D eigenvalue weighted by molar-refractivity contribution is 7.18. The van der Waals surface area contributed by atoms with Gasteiger partial charge in [0, 0.05) is 18.5 Å². The molecule has 1 aliphatic rings. The zero-order valence-corrected chi connectivity index (χ0v) is 21.5. The molecule has 0 aliphatic carbocycles. The SMILES string of the molecule is CCCCN(CCCC)CCCNC(=O)Nc1nc(N)c(C2=NC(c3cccc(C)c3)=CC2)s1. The van der Waals surface area contributed by atoms with Crippen LogP contribution in [0.15, 0.2) is 35.3 Å². The van der Waals surface area contributed by atoms with E-state index in [1.54, 1.807) is 0 Å². The van der Waals surface area contributed by atoms with Gasteiger partial charge in [0.15, 0.2) is 5.13 Å². The second-order valence-electron chi connectivity index (χ2n) is 8.74. The van der Waals surface area contributed by atoms with E-state index in [1.165, 1.54) is 42.6 Å². The molecule has 184 valence electrons. The van der Waals surface area contributed by atoms with Gasteiger partial charge in [-0.25, -0.2) is 9.78 Å². The number of hydrogen-bond donors (Lipinski definition) is 3. The van der Waals surface area contributed by atoms with Gasteiger partial charge < -0.3 is 16.0 Å². The second-order valence-corrected chi connectivity index (χ2v) is 9.74. The van der Waals surface area contributed by atoms with Gasteiger partial charge in [-0.15, -0.1) is 0 Å². The molecule has 0 bridgehead atoms. The number of carbonyl (C=O) groups excluding carboxylic acids is 1. The molecule has 0 spiro atoms. The number of hydrogen-bond acceptors (Lipinski definition) is 6. The fourth-order valence-electron chi connectivity index (χ4n) is 3.90. The highest BCUT2D eigenvalue weighted by Gasteiger charge is 2.19. The molecule has 1 aromatic heterocycles. The molecule has 3 rings (SSSR count). The Hall–Kier alpha value is -2.71. The topological polar surface area (TPSA) is 95.6 Å². The normalized spacial score (nSPS) is 13.2. The summed E-state index contributed by atoms with van der Waals surface area (Å²) in [7, 11) is 0. The minimum Gasteiger partial charge on any atom is -0.382 e. The molecule has 1 aliphatic heterocycles. The predicted octanol–water partition coefficient (Wildman–Crippen LogP) is 5.68. The highest BCUT2D eigenvalue weighted by Crippen LogP contribution is 2.32. The number of thiazole rings is 1. The predicted molar refractivity (Wildman–Crippen MR) is 145 cm³/mol. The summed E-state index contributed by atoms with van der Waals surface area (Å²) in [6, 6.07) is 8.04. The number of aromatic nitrogens is 1. The number of rotatable bonds is 13. The average Bonchev–Trinajstić information content (AvgIpc) is 3.44. The molecule has 34 heavy (non-hydrogen) atoms. The number of aryl methyl sites for hydroxylation is 1. The van der Waals surface area contributed by atoms with E-state index in [-0.39, 0.29) is 6.03 Å². The van der Waals surface area contributed by atoms with Crippen molar-refractivity contribution in [1.82, 2.24) is 15.2 Å². The number of anilines is 2. The Bertz CT molecular complexity index is 1000. The minimum absolute atomic E-state index is 0.249. The van der Waals surface area contributed by atoms with Crippen LogP contribution in [-0.4, -0.2) is 47.8 Å². The summed E-state index contributed by atoms with van der Waals surface area (Å²) in [6.45, 7) is 10.4. The molecule has 7 nitrogen and oxygen atoms in total. The van der Waals surface area contributed by atoms with Crippen molar-refractivity contribution in [2.45, 2.75) is 59.3 Å². The molecule has 4 N–H and O–H groups in total. The minimum atomic E-state index is -0.249. The monoisotopic (exact) mass is 482 g/mol.